The predicted molar refractivity (Wildman–Crippen MR) is 107 cm³/mol. The minimum absolute atomic E-state index is 0. The topological polar surface area (TPSA) is 59.0 Å². The van der Waals surface area contributed by atoms with Crippen molar-refractivity contribution in [3.05, 3.63) is 30.1 Å². The lowest BCUT2D eigenvalue weighted by atomic mass is 9.93. The first-order chi connectivity index (χ1) is 11.1. The summed E-state index contributed by atoms with van der Waals surface area (Å²) in [6.07, 6.45) is 3.98. The Balaban J connectivity index is 0.00000156. The summed E-state index contributed by atoms with van der Waals surface area (Å²) >= 11 is 0. The third kappa shape index (κ3) is 5.33. The lowest BCUT2D eigenvalue weighted by molar-refractivity contribution is -0.122. The first-order valence-corrected chi connectivity index (χ1v) is 8.56. The number of nitrogens with one attached hydrogen (secondary N) is 2. The van der Waals surface area contributed by atoms with Crippen molar-refractivity contribution >= 4 is 41.8 Å². The van der Waals surface area contributed by atoms with Crippen molar-refractivity contribution in [3.63, 3.8) is 0 Å². The van der Waals surface area contributed by atoms with E-state index in [0.29, 0.717) is 12.3 Å². The highest BCUT2D eigenvalue weighted by atomic mass is 35.5. The number of nitrogens with zero attached hydrogens (tertiary/aromatic N) is 2. The van der Waals surface area contributed by atoms with Crippen LogP contribution in [0.1, 0.15) is 44.5 Å². The molecular weight excluding hydrogens is 359 g/mol. The fourth-order valence-electron chi connectivity index (χ4n) is 3.44. The second-order valence-corrected chi connectivity index (χ2v) is 6.54. The molecule has 1 aliphatic heterocycles. The number of imidazole rings is 1. The SMILES string of the molecule is CC(NC(=O)CCC1CCNCC1)c1nc2ccccc2n1C.Cl.Cl. The Bertz CT molecular complexity index is 683. The summed E-state index contributed by atoms with van der Waals surface area (Å²) in [6, 6.07) is 7.98. The average Bonchev–Trinajstić information content (AvgIpc) is 2.91. The Kier molecular flexibility index (Phi) is 8.69. The van der Waals surface area contributed by atoms with E-state index in [2.05, 4.69) is 26.3 Å². The molecule has 1 aliphatic rings. The lowest BCUT2D eigenvalue weighted by Gasteiger charge is -2.22. The van der Waals surface area contributed by atoms with Gasteiger partial charge in [0.25, 0.3) is 0 Å². The molecule has 1 amide bonds. The molecular formula is C18H28Cl2N4O. The number of rotatable bonds is 5. The van der Waals surface area contributed by atoms with Gasteiger partial charge in [-0.15, -0.1) is 24.8 Å². The van der Waals surface area contributed by atoms with Gasteiger partial charge in [-0.05, 0) is 57.3 Å². The van der Waals surface area contributed by atoms with Gasteiger partial charge in [-0.3, -0.25) is 4.79 Å². The number of amides is 1. The Morgan fingerprint density at radius 2 is 2.00 bits per heavy atom. The monoisotopic (exact) mass is 386 g/mol. The van der Waals surface area contributed by atoms with Crippen LogP contribution < -0.4 is 10.6 Å². The number of carbonyl (C=O) groups is 1. The molecule has 1 saturated heterocycles. The van der Waals surface area contributed by atoms with Crippen LogP contribution in [0.5, 0.6) is 0 Å². The van der Waals surface area contributed by atoms with Gasteiger partial charge in [-0.25, -0.2) is 4.98 Å². The van der Waals surface area contributed by atoms with Crippen LogP contribution >= 0.6 is 24.8 Å². The Hall–Kier alpha value is -1.30. The van der Waals surface area contributed by atoms with Crippen LogP contribution in [-0.2, 0) is 11.8 Å². The summed E-state index contributed by atoms with van der Waals surface area (Å²) in [6.45, 7) is 4.18. The number of para-hydroxylation sites is 2. The Morgan fingerprint density at radius 1 is 1.32 bits per heavy atom. The van der Waals surface area contributed by atoms with Gasteiger partial charge in [-0.2, -0.15) is 0 Å². The van der Waals surface area contributed by atoms with E-state index in [0.717, 1.165) is 36.4 Å². The molecule has 2 N–H and O–H groups in total. The number of aromatic nitrogens is 2. The number of halogens is 2. The molecule has 3 rings (SSSR count). The van der Waals surface area contributed by atoms with E-state index in [1.54, 1.807) is 0 Å². The summed E-state index contributed by atoms with van der Waals surface area (Å²) in [5, 5.41) is 6.46. The fraction of sp³-hybridized carbons (Fsp3) is 0.556. The molecule has 7 heteroatoms. The van der Waals surface area contributed by atoms with Crippen LogP contribution in [-0.4, -0.2) is 28.5 Å². The van der Waals surface area contributed by atoms with Crippen LogP contribution in [0.2, 0.25) is 0 Å². The molecule has 0 spiro atoms. The van der Waals surface area contributed by atoms with Gasteiger partial charge >= 0.3 is 0 Å². The van der Waals surface area contributed by atoms with Crippen molar-refractivity contribution in [3.8, 4) is 0 Å². The minimum atomic E-state index is -0.0760. The minimum Gasteiger partial charge on any atom is -0.346 e. The van der Waals surface area contributed by atoms with Crippen LogP contribution in [0, 0.1) is 5.92 Å². The van der Waals surface area contributed by atoms with Gasteiger partial charge < -0.3 is 15.2 Å². The summed E-state index contributed by atoms with van der Waals surface area (Å²) < 4.78 is 2.06. The van der Waals surface area contributed by atoms with Crippen molar-refractivity contribution in [2.45, 2.75) is 38.6 Å². The molecule has 0 saturated carbocycles. The maximum atomic E-state index is 12.2. The summed E-state index contributed by atoms with van der Waals surface area (Å²) in [7, 11) is 2.00. The second kappa shape index (κ2) is 10.00. The standard InChI is InChI=1S/C18H26N4O.2ClH/c1-13(18-21-15-5-3-4-6-16(15)22(18)2)20-17(23)8-7-14-9-11-19-12-10-14;;/h3-6,13-14,19H,7-12H2,1-2H3,(H,20,23);2*1H. The van der Waals surface area contributed by atoms with Gasteiger partial charge in [-0.1, -0.05) is 12.1 Å². The maximum Gasteiger partial charge on any atom is 0.220 e. The predicted octanol–water partition coefficient (Wildman–Crippen LogP) is 3.37. The van der Waals surface area contributed by atoms with Crippen LogP contribution in [0.15, 0.2) is 24.3 Å². The van der Waals surface area contributed by atoms with E-state index in [1.807, 2.05) is 32.2 Å². The molecule has 0 aliphatic carbocycles. The molecule has 140 valence electrons. The third-order valence-electron chi connectivity index (χ3n) is 4.82. The van der Waals surface area contributed by atoms with Crippen LogP contribution in [0.4, 0.5) is 0 Å². The number of hydrogen-bond donors (Lipinski definition) is 2. The molecule has 1 aromatic heterocycles. The zero-order valence-electron chi connectivity index (χ0n) is 14.8. The molecule has 1 unspecified atom stereocenters. The van der Waals surface area contributed by atoms with Crippen LogP contribution in [0.3, 0.4) is 0 Å². The number of fused-ring (bicyclic) bond motifs is 1. The largest absolute Gasteiger partial charge is 0.346 e. The van der Waals surface area contributed by atoms with Crippen molar-refractivity contribution in [2.24, 2.45) is 13.0 Å². The summed E-state index contributed by atoms with van der Waals surface area (Å²) in [4.78, 5) is 16.9. The van der Waals surface area contributed by atoms with Gasteiger partial charge in [0.1, 0.15) is 5.82 Å². The summed E-state index contributed by atoms with van der Waals surface area (Å²) in [5.74, 6) is 1.72. The second-order valence-electron chi connectivity index (χ2n) is 6.54. The number of aryl methyl sites for hydroxylation is 1. The zero-order chi connectivity index (χ0) is 16.2. The Morgan fingerprint density at radius 3 is 2.68 bits per heavy atom. The first-order valence-electron chi connectivity index (χ1n) is 8.56. The van der Waals surface area contributed by atoms with Crippen molar-refractivity contribution < 1.29 is 4.79 Å². The molecule has 0 bridgehead atoms. The van der Waals surface area contributed by atoms with E-state index in [4.69, 9.17) is 0 Å². The van der Waals surface area contributed by atoms with E-state index in [9.17, 15) is 4.79 Å². The quantitative estimate of drug-likeness (QED) is 0.827. The van der Waals surface area contributed by atoms with Crippen molar-refractivity contribution in [1.82, 2.24) is 20.2 Å². The van der Waals surface area contributed by atoms with Gasteiger partial charge in [0.2, 0.25) is 5.91 Å². The average molecular weight is 387 g/mol. The highest BCUT2D eigenvalue weighted by Gasteiger charge is 2.18. The molecule has 1 fully saturated rings. The third-order valence-corrected chi connectivity index (χ3v) is 4.82. The molecule has 2 heterocycles. The van der Waals surface area contributed by atoms with Gasteiger partial charge in [0.15, 0.2) is 0 Å². The lowest BCUT2D eigenvalue weighted by Crippen LogP contribution is -2.31. The molecule has 2 aromatic rings. The van der Waals surface area contributed by atoms with Gasteiger partial charge in [0.05, 0.1) is 17.1 Å². The smallest absolute Gasteiger partial charge is 0.220 e. The van der Waals surface area contributed by atoms with E-state index >= 15 is 0 Å². The van der Waals surface area contributed by atoms with Crippen molar-refractivity contribution in [2.75, 3.05) is 13.1 Å². The molecule has 25 heavy (non-hydrogen) atoms. The highest BCUT2D eigenvalue weighted by Crippen LogP contribution is 2.20. The molecule has 0 radical (unpaired) electrons. The molecule has 1 aromatic carbocycles. The van der Waals surface area contributed by atoms with Crippen molar-refractivity contribution in [1.29, 1.82) is 0 Å². The molecule has 5 nitrogen and oxygen atoms in total. The van der Waals surface area contributed by atoms with E-state index in [-0.39, 0.29) is 36.8 Å². The summed E-state index contributed by atoms with van der Waals surface area (Å²) in [5.41, 5.74) is 2.07. The number of piperidine rings is 1. The van der Waals surface area contributed by atoms with E-state index in [1.165, 1.54) is 12.8 Å². The van der Waals surface area contributed by atoms with Gasteiger partial charge in [0, 0.05) is 13.5 Å². The Labute approximate surface area is 161 Å². The zero-order valence-corrected chi connectivity index (χ0v) is 16.5. The fourth-order valence-corrected chi connectivity index (χ4v) is 3.44. The molecule has 1 atom stereocenters. The number of benzene rings is 1. The van der Waals surface area contributed by atoms with Crippen LogP contribution in [0.25, 0.3) is 11.0 Å². The van der Waals surface area contributed by atoms with E-state index < -0.39 is 0 Å². The number of hydrogen-bond acceptors (Lipinski definition) is 3. The number of carbonyl (C=O) groups excluding carboxylic acids is 1. The normalized spacial score (nSPS) is 15.9. The first kappa shape index (κ1) is 21.7. The maximum absolute atomic E-state index is 12.2. The highest BCUT2D eigenvalue weighted by molar-refractivity contribution is 5.85.